The van der Waals surface area contributed by atoms with Gasteiger partial charge in [0.05, 0.1) is 6.20 Å². The SMILES string of the molecule is CC(C)NCC(O)COc1ncc(NC(=O)OC(C)(C)C)s1. The van der Waals surface area contributed by atoms with Crippen LogP contribution < -0.4 is 15.4 Å². The first-order valence-corrected chi connectivity index (χ1v) is 7.97. The Morgan fingerprint density at radius 3 is 2.73 bits per heavy atom. The summed E-state index contributed by atoms with van der Waals surface area (Å²) in [6, 6.07) is 0.305. The molecular weight excluding hydrogens is 306 g/mol. The topological polar surface area (TPSA) is 92.7 Å². The molecule has 0 spiro atoms. The molecule has 1 amide bonds. The predicted molar refractivity (Wildman–Crippen MR) is 86.6 cm³/mol. The van der Waals surface area contributed by atoms with E-state index in [0.717, 1.165) is 0 Å². The zero-order valence-electron chi connectivity index (χ0n) is 13.7. The summed E-state index contributed by atoms with van der Waals surface area (Å²) in [6.45, 7) is 9.97. The highest BCUT2D eigenvalue weighted by Crippen LogP contribution is 2.25. The van der Waals surface area contributed by atoms with Crippen LogP contribution in [0.5, 0.6) is 5.19 Å². The van der Waals surface area contributed by atoms with E-state index >= 15 is 0 Å². The van der Waals surface area contributed by atoms with E-state index in [1.165, 1.54) is 17.5 Å². The third-order valence-electron chi connectivity index (χ3n) is 2.27. The van der Waals surface area contributed by atoms with Crippen molar-refractivity contribution in [1.29, 1.82) is 0 Å². The number of aliphatic hydroxyl groups is 1. The minimum atomic E-state index is -0.617. The van der Waals surface area contributed by atoms with Gasteiger partial charge in [-0.05, 0) is 20.8 Å². The molecule has 1 heterocycles. The monoisotopic (exact) mass is 331 g/mol. The lowest BCUT2D eigenvalue weighted by atomic mass is 10.2. The summed E-state index contributed by atoms with van der Waals surface area (Å²) in [6.07, 6.45) is 0.334. The molecule has 1 aromatic rings. The first kappa shape index (κ1) is 18.7. The number of ether oxygens (including phenoxy) is 2. The molecule has 126 valence electrons. The number of nitrogens with one attached hydrogen (secondary N) is 2. The molecule has 7 nitrogen and oxygen atoms in total. The molecule has 1 rings (SSSR count). The van der Waals surface area contributed by atoms with Crippen LogP contribution in [-0.4, -0.2) is 47.1 Å². The Labute approximate surface area is 135 Å². The van der Waals surface area contributed by atoms with Gasteiger partial charge < -0.3 is 19.9 Å². The second-order valence-corrected chi connectivity index (χ2v) is 7.14. The average Bonchev–Trinajstić information content (AvgIpc) is 2.79. The summed E-state index contributed by atoms with van der Waals surface area (Å²) in [5, 5.41) is 16.4. The van der Waals surface area contributed by atoms with Gasteiger partial charge in [-0.15, -0.1) is 0 Å². The normalized spacial score (nSPS) is 13.0. The summed E-state index contributed by atoms with van der Waals surface area (Å²) in [5.41, 5.74) is -0.554. The van der Waals surface area contributed by atoms with Crippen molar-refractivity contribution >= 4 is 22.4 Å². The van der Waals surface area contributed by atoms with Crippen molar-refractivity contribution in [3.63, 3.8) is 0 Å². The fourth-order valence-electron chi connectivity index (χ4n) is 1.38. The average molecular weight is 331 g/mol. The van der Waals surface area contributed by atoms with Crippen LogP contribution in [0, 0.1) is 0 Å². The Hall–Kier alpha value is -1.38. The number of anilines is 1. The predicted octanol–water partition coefficient (Wildman–Crippen LogP) is 2.23. The van der Waals surface area contributed by atoms with Crippen LogP contribution in [0.4, 0.5) is 9.80 Å². The summed E-state index contributed by atoms with van der Waals surface area (Å²) in [5.74, 6) is 0. The van der Waals surface area contributed by atoms with E-state index in [-0.39, 0.29) is 6.61 Å². The fourth-order valence-corrected chi connectivity index (χ4v) is 2.05. The van der Waals surface area contributed by atoms with Crippen LogP contribution in [0.15, 0.2) is 6.20 Å². The number of hydrogen-bond acceptors (Lipinski definition) is 7. The highest BCUT2D eigenvalue weighted by atomic mass is 32.1. The maximum absolute atomic E-state index is 11.6. The van der Waals surface area contributed by atoms with Crippen molar-refractivity contribution in [2.24, 2.45) is 0 Å². The molecule has 0 fully saturated rings. The minimum Gasteiger partial charge on any atom is -0.467 e. The number of aliphatic hydroxyl groups excluding tert-OH is 1. The number of nitrogens with zero attached hydrogens (tertiary/aromatic N) is 1. The van der Waals surface area contributed by atoms with Gasteiger partial charge in [-0.2, -0.15) is 0 Å². The summed E-state index contributed by atoms with van der Waals surface area (Å²) >= 11 is 1.18. The van der Waals surface area contributed by atoms with E-state index in [4.69, 9.17) is 9.47 Å². The van der Waals surface area contributed by atoms with E-state index in [2.05, 4.69) is 15.6 Å². The molecule has 0 aliphatic rings. The third-order valence-corrected chi connectivity index (χ3v) is 3.09. The van der Waals surface area contributed by atoms with Gasteiger partial charge in [-0.25, -0.2) is 9.78 Å². The molecule has 22 heavy (non-hydrogen) atoms. The molecule has 3 N–H and O–H groups in total. The van der Waals surface area contributed by atoms with Crippen molar-refractivity contribution in [3.8, 4) is 5.19 Å². The van der Waals surface area contributed by atoms with Gasteiger partial charge in [-0.1, -0.05) is 25.2 Å². The highest BCUT2D eigenvalue weighted by molar-refractivity contribution is 7.17. The molecule has 0 bridgehead atoms. The number of carbonyl (C=O) groups is 1. The van der Waals surface area contributed by atoms with E-state index in [1.807, 2.05) is 13.8 Å². The standard InChI is InChI=1S/C14H25N3O4S/c1-9(2)15-6-10(18)8-20-13-16-7-11(22-13)17-12(19)21-14(3,4)5/h7,9-10,15,18H,6,8H2,1-5H3,(H,17,19). The number of aromatic nitrogens is 1. The minimum absolute atomic E-state index is 0.138. The van der Waals surface area contributed by atoms with Gasteiger partial charge in [0.25, 0.3) is 5.19 Å². The second-order valence-electron chi connectivity index (χ2n) is 6.15. The van der Waals surface area contributed by atoms with Crippen molar-refractivity contribution in [2.75, 3.05) is 18.5 Å². The number of amides is 1. The van der Waals surface area contributed by atoms with E-state index in [0.29, 0.717) is 22.8 Å². The Bertz CT molecular complexity index is 471. The van der Waals surface area contributed by atoms with Crippen LogP contribution >= 0.6 is 11.3 Å². The summed E-state index contributed by atoms with van der Waals surface area (Å²) < 4.78 is 10.5. The van der Waals surface area contributed by atoms with Gasteiger partial charge >= 0.3 is 6.09 Å². The number of thiazole rings is 1. The lowest BCUT2D eigenvalue weighted by Gasteiger charge is -2.19. The molecule has 0 saturated heterocycles. The molecule has 0 radical (unpaired) electrons. The first-order chi connectivity index (χ1) is 10.2. The van der Waals surface area contributed by atoms with E-state index in [1.54, 1.807) is 20.8 Å². The van der Waals surface area contributed by atoms with Crippen LogP contribution in [0.2, 0.25) is 0 Å². The smallest absolute Gasteiger partial charge is 0.412 e. The molecule has 1 aromatic heterocycles. The van der Waals surface area contributed by atoms with Crippen molar-refractivity contribution in [2.45, 2.75) is 52.4 Å². The Balaban J connectivity index is 2.36. The molecule has 0 aromatic carbocycles. The van der Waals surface area contributed by atoms with Gasteiger partial charge in [0.1, 0.15) is 23.3 Å². The number of carbonyl (C=O) groups excluding carboxylic acids is 1. The Morgan fingerprint density at radius 2 is 2.14 bits per heavy atom. The van der Waals surface area contributed by atoms with Crippen LogP contribution in [0.25, 0.3) is 0 Å². The van der Waals surface area contributed by atoms with Gasteiger partial charge in [0.2, 0.25) is 0 Å². The molecule has 0 saturated carbocycles. The number of rotatable bonds is 7. The molecule has 0 aliphatic carbocycles. The van der Waals surface area contributed by atoms with E-state index in [9.17, 15) is 9.90 Å². The Morgan fingerprint density at radius 1 is 1.45 bits per heavy atom. The maximum Gasteiger partial charge on any atom is 0.412 e. The lowest BCUT2D eigenvalue weighted by molar-refractivity contribution is 0.0636. The lowest BCUT2D eigenvalue weighted by Crippen LogP contribution is -2.35. The quantitative estimate of drug-likeness (QED) is 0.709. The largest absolute Gasteiger partial charge is 0.467 e. The van der Waals surface area contributed by atoms with Crippen LogP contribution in [0.3, 0.4) is 0 Å². The van der Waals surface area contributed by atoms with E-state index < -0.39 is 17.8 Å². The Kier molecular flexibility index (Phi) is 7.05. The molecule has 1 atom stereocenters. The molecular formula is C14H25N3O4S. The van der Waals surface area contributed by atoms with Crippen molar-refractivity contribution < 1.29 is 19.4 Å². The third kappa shape index (κ3) is 8.16. The van der Waals surface area contributed by atoms with Crippen LogP contribution in [-0.2, 0) is 4.74 Å². The zero-order valence-corrected chi connectivity index (χ0v) is 14.5. The van der Waals surface area contributed by atoms with Gasteiger partial charge in [-0.3, -0.25) is 5.32 Å². The fraction of sp³-hybridized carbons (Fsp3) is 0.714. The second kappa shape index (κ2) is 8.30. The van der Waals surface area contributed by atoms with Gasteiger partial charge in [0.15, 0.2) is 0 Å². The number of hydrogen-bond donors (Lipinski definition) is 3. The molecule has 1 unspecified atom stereocenters. The van der Waals surface area contributed by atoms with Crippen LogP contribution in [0.1, 0.15) is 34.6 Å². The van der Waals surface area contributed by atoms with Crippen molar-refractivity contribution in [1.82, 2.24) is 10.3 Å². The zero-order chi connectivity index (χ0) is 16.8. The summed E-state index contributed by atoms with van der Waals surface area (Å²) in [4.78, 5) is 15.6. The molecule has 8 heteroatoms. The first-order valence-electron chi connectivity index (χ1n) is 7.16. The van der Waals surface area contributed by atoms with Gasteiger partial charge in [0, 0.05) is 12.6 Å². The molecule has 0 aliphatic heterocycles. The summed E-state index contributed by atoms with van der Waals surface area (Å²) in [7, 11) is 0. The maximum atomic E-state index is 11.6. The van der Waals surface area contributed by atoms with Crippen molar-refractivity contribution in [3.05, 3.63) is 6.20 Å². The highest BCUT2D eigenvalue weighted by Gasteiger charge is 2.17.